The number of aromatic amines is 1. The van der Waals surface area contributed by atoms with Crippen molar-refractivity contribution in [2.75, 3.05) is 32.8 Å². The number of carbonyl (C=O) groups excluding carboxylic acids is 1. The predicted octanol–water partition coefficient (Wildman–Crippen LogP) is 3.99. The van der Waals surface area contributed by atoms with Crippen LogP contribution in [0.5, 0.6) is 5.75 Å². The fourth-order valence-electron chi connectivity index (χ4n) is 4.80. The molecule has 8 heteroatoms. The third-order valence-corrected chi connectivity index (χ3v) is 6.60. The van der Waals surface area contributed by atoms with Gasteiger partial charge in [0.1, 0.15) is 24.0 Å². The first-order valence-corrected chi connectivity index (χ1v) is 12.1. The Balaban J connectivity index is 1.22. The zero-order valence-electron chi connectivity index (χ0n) is 19.3. The Kier molecular flexibility index (Phi) is 6.85. The normalized spacial score (nSPS) is 18.5. The van der Waals surface area contributed by atoms with Crippen LogP contribution in [0.3, 0.4) is 0 Å². The summed E-state index contributed by atoms with van der Waals surface area (Å²) in [6, 6.07) is 13.6. The number of hydrogen-bond acceptors (Lipinski definition) is 5. The molecule has 2 aliphatic heterocycles. The molecule has 1 aromatic heterocycles. The number of H-pyrrole nitrogens is 1. The first-order valence-electron chi connectivity index (χ1n) is 12.1. The molecule has 0 bridgehead atoms. The van der Waals surface area contributed by atoms with Gasteiger partial charge in [-0.25, -0.2) is 9.37 Å². The second kappa shape index (κ2) is 10.3. The van der Waals surface area contributed by atoms with Crippen LogP contribution in [0.1, 0.15) is 59.3 Å². The van der Waals surface area contributed by atoms with Gasteiger partial charge in [0, 0.05) is 25.1 Å². The zero-order valence-corrected chi connectivity index (χ0v) is 19.3. The quantitative estimate of drug-likeness (QED) is 0.547. The van der Waals surface area contributed by atoms with E-state index in [0.29, 0.717) is 36.8 Å². The summed E-state index contributed by atoms with van der Waals surface area (Å²) < 4.78 is 19.1. The average Bonchev–Trinajstić information content (AvgIpc) is 3.62. The number of benzene rings is 2. The molecule has 0 spiro atoms. The first kappa shape index (κ1) is 22.5. The van der Waals surface area contributed by atoms with E-state index in [4.69, 9.17) is 4.74 Å². The second-order valence-electron chi connectivity index (χ2n) is 9.03. The van der Waals surface area contributed by atoms with Crippen molar-refractivity contribution in [1.29, 1.82) is 0 Å². The van der Waals surface area contributed by atoms with E-state index in [1.54, 1.807) is 12.1 Å². The zero-order chi connectivity index (χ0) is 23.3. The maximum Gasteiger partial charge on any atom is 0.254 e. The van der Waals surface area contributed by atoms with Crippen LogP contribution in [-0.4, -0.2) is 63.7 Å². The van der Waals surface area contributed by atoms with Crippen LogP contribution in [0, 0.1) is 5.82 Å². The molecule has 0 aliphatic carbocycles. The number of amides is 1. The summed E-state index contributed by atoms with van der Waals surface area (Å²) in [6.45, 7) is 4.50. The van der Waals surface area contributed by atoms with Crippen LogP contribution >= 0.6 is 0 Å². The fraction of sp³-hybridized carbons (Fsp3) is 0.423. The van der Waals surface area contributed by atoms with E-state index in [0.717, 1.165) is 43.8 Å². The van der Waals surface area contributed by atoms with Crippen molar-refractivity contribution in [2.24, 2.45) is 0 Å². The highest BCUT2D eigenvalue weighted by Gasteiger charge is 2.33. The van der Waals surface area contributed by atoms with Crippen LogP contribution in [0.4, 0.5) is 4.39 Å². The van der Waals surface area contributed by atoms with E-state index >= 15 is 0 Å². The highest BCUT2D eigenvalue weighted by Crippen LogP contribution is 2.32. The van der Waals surface area contributed by atoms with Gasteiger partial charge in [-0.15, -0.1) is 0 Å². The molecule has 5 rings (SSSR count). The van der Waals surface area contributed by atoms with E-state index < -0.39 is 0 Å². The lowest BCUT2D eigenvalue weighted by Crippen LogP contribution is -2.31. The number of ether oxygens (including phenoxy) is 1. The highest BCUT2D eigenvalue weighted by atomic mass is 19.1. The second-order valence-corrected chi connectivity index (χ2v) is 9.03. The number of nitrogens with one attached hydrogen (secondary N) is 1. The third-order valence-electron chi connectivity index (χ3n) is 6.60. The molecule has 1 atom stereocenters. The molecular formula is C26H30FN5O2. The van der Waals surface area contributed by atoms with E-state index in [1.165, 1.54) is 25.0 Å². The number of carbonyl (C=O) groups is 1. The van der Waals surface area contributed by atoms with Crippen molar-refractivity contribution < 1.29 is 13.9 Å². The van der Waals surface area contributed by atoms with E-state index in [2.05, 4.69) is 20.1 Å². The smallest absolute Gasteiger partial charge is 0.254 e. The third kappa shape index (κ3) is 5.28. The van der Waals surface area contributed by atoms with Gasteiger partial charge in [0.2, 0.25) is 0 Å². The molecule has 2 aromatic carbocycles. The van der Waals surface area contributed by atoms with E-state index in [-0.39, 0.29) is 17.8 Å². The van der Waals surface area contributed by atoms with Gasteiger partial charge in [-0.1, -0.05) is 18.2 Å². The number of likely N-dealkylation sites (tertiary alicyclic amines) is 2. The Hall–Kier alpha value is -3.26. The number of hydrogen-bond donors (Lipinski definition) is 1. The average molecular weight is 464 g/mol. The van der Waals surface area contributed by atoms with Crippen LogP contribution in [0.2, 0.25) is 0 Å². The van der Waals surface area contributed by atoms with Crippen molar-refractivity contribution in [3.8, 4) is 5.75 Å². The molecule has 2 fully saturated rings. The molecule has 7 nitrogen and oxygen atoms in total. The summed E-state index contributed by atoms with van der Waals surface area (Å²) in [7, 11) is 0. The van der Waals surface area contributed by atoms with E-state index in [1.807, 2.05) is 29.2 Å². The minimum Gasteiger partial charge on any atom is -0.492 e. The molecular weight excluding hydrogens is 433 g/mol. The molecule has 2 saturated heterocycles. The molecule has 0 saturated carbocycles. The largest absolute Gasteiger partial charge is 0.492 e. The van der Waals surface area contributed by atoms with Gasteiger partial charge >= 0.3 is 0 Å². The molecule has 0 radical (unpaired) electrons. The monoisotopic (exact) mass is 463 g/mol. The predicted molar refractivity (Wildman–Crippen MR) is 126 cm³/mol. The molecule has 34 heavy (non-hydrogen) atoms. The molecule has 3 aromatic rings. The molecule has 178 valence electrons. The first-order chi connectivity index (χ1) is 16.7. The lowest BCUT2D eigenvalue weighted by Gasteiger charge is -2.23. The van der Waals surface area contributed by atoms with Gasteiger partial charge in [0.05, 0.1) is 6.04 Å². The maximum atomic E-state index is 13.4. The number of halogens is 1. The Morgan fingerprint density at radius 2 is 1.91 bits per heavy atom. The lowest BCUT2D eigenvalue weighted by atomic mass is 10.1. The Morgan fingerprint density at radius 3 is 2.74 bits per heavy atom. The minimum atomic E-state index is -0.261. The van der Waals surface area contributed by atoms with Crippen LogP contribution in [-0.2, 0) is 6.42 Å². The van der Waals surface area contributed by atoms with Gasteiger partial charge in [-0.05, 0) is 74.7 Å². The number of aromatic nitrogens is 3. The summed E-state index contributed by atoms with van der Waals surface area (Å²) >= 11 is 0. The molecule has 2 aliphatic rings. The SMILES string of the molecule is O=C(c1cccc(OCCN2CCCC2)c1)N1CCC[C@@H]1c1n[nH]c(Cc2ccc(F)cc2)n1. The van der Waals surface area contributed by atoms with Gasteiger partial charge < -0.3 is 9.64 Å². The topological polar surface area (TPSA) is 74.3 Å². The highest BCUT2D eigenvalue weighted by molar-refractivity contribution is 5.95. The van der Waals surface area contributed by atoms with Gasteiger partial charge in [0.15, 0.2) is 5.82 Å². The summed E-state index contributed by atoms with van der Waals surface area (Å²) in [4.78, 5) is 22.3. The molecule has 1 N–H and O–H groups in total. The Bertz CT molecular complexity index is 1110. The fourth-order valence-corrected chi connectivity index (χ4v) is 4.80. The molecule has 1 amide bonds. The van der Waals surface area contributed by atoms with Crippen molar-refractivity contribution in [1.82, 2.24) is 25.0 Å². The van der Waals surface area contributed by atoms with Gasteiger partial charge in [0.25, 0.3) is 5.91 Å². The Labute approximate surface area is 198 Å². The molecule has 0 unspecified atom stereocenters. The van der Waals surface area contributed by atoms with Crippen LogP contribution in [0.25, 0.3) is 0 Å². The number of nitrogens with zero attached hydrogens (tertiary/aromatic N) is 4. The summed E-state index contributed by atoms with van der Waals surface area (Å²) in [5.74, 6) is 1.76. The van der Waals surface area contributed by atoms with Crippen molar-refractivity contribution in [3.63, 3.8) is 0 Å². The lowest BCUT2D eigenvalue weighted by molar-refractivity contribution is 0.0729. The van der Waals surface area contributed by atoms with Crippen molar-refractivity contribution >= 4 is 5.91 Å². The summed E-state index contributed by atoms with van der Waals surface area (Å²) in [5.41, 5.74) is 1.57. The van der Waals surface area contributed by atoms with E-state index in [9.17, 15) is 9.18 Å². The van der Waals surface area contributed by atoms with Crippen molar-refractivity contribution in [3.05, 3.63) is 77.1 Å². The standard InChI is InChI=1S/C26H30FN5O2/c27-21-10-8-19(9-11-21)17-24-28-25(30-29-24)23-7-4-14-32(23)26(33)20-5-3-6-22(18-20)34-16-15-31-12-1-2-13-31/h3,5-6,8-11,18,23H,1-2,4,7,12-17H2,(H,28,29,30)/t23-/m1/s1. The number of rotatable bonds is 8. The maximum absolute atomic E-state index is 13.4. The van der Waals surface area contributed by atoms with Gasteiger partial charge in [-0.3, -0.25) is 14.8 Å². The van der Waals surface area contributed by atoms with Gasteiger partial charge in [-0.2, -0.15) is 5.10 Å². The summed E-state index contributed by atoms with van der Waals surface area (Å²) in [5, 5.41) is 7.38. The summed E-state index contributed by atoms with van der Waals surface area (Å²) in [6.07, 6.45) is 4.79. The Morgan fingerprint density at radius 1 is 1.09 bits per heavy atom. The van der Waals surface area contributed by atoms with Crippen LogP contribution < -0.4 is 4.74 Å². The molecule has 3 heterocycles. The van der Waals surface area contributed by atoms with Crippen molar-refractivity contribution in [2.45, 2.75) is 38.1 Å². The van der Waals surface area contributed by atoms with Crippen LogP contribution in [0.15, 0.2) is 48.5 Å². The minimum absolute atomic E-state index is 0.0302.